The van der Waals surface area contributed by atoms with Crippen molar-refractivity contribution in [3.8, 4) is 11.5 Å². The van der Waals surface area contributed by atoms with Gasteiger partial charge in [0.25, 0.3) is 5.91 Å². The zero-order valence-electron chi connectivity index (χ0n) is 18.8. The average Bonchev–Trinajstić information content (AvgIpc) is 2.75. The molecule has 32 heavy (non-hydrogen) atoms. The van der Waals surface area contributed by atoms with Crippen LogP contribution in [0.2, 0.25) is 0 Å². The highest BCUT2D eigenvalue weighted by Crippen LogP contribution is 2.28. The van der Waals surface area contributed by atoms with E-state index in [2.05, 4.69) is 10.6 Å². The number of amides is 2. The molecule has 0 aliphatic rings. The minimum atomic E-state index is -0.649. The van der Waals surface area contributed by atoms with E-state index < -0.39 is 30.2 Å². The van der Waals surface area contributed by atoms with Gasteiger partial charge in [0.2, 0.25) is 0 Å². The Kier molecular flexibility index (Phi) is 8.46. The summed E-state index contributed by atoms with van der Waals surface area (Å²) in [6.07, 6.45) is -0.528. The molecule has 0 radical (unpaired) electrons. The van der Waals surface area contributed by atoms with Crippen molar-refractivity contribution in [2.45, 2.75) is 32.9 Å². The van der Waals surface area contributed by atoms with Crippen LogP contribution in [0.25, 0.3) is 0 Å². The van der Waals surface area contributed by atoms with Gasteiger partial charge in [-0.2, -0.15) is 0 Å². The minimum absolute atomic E-state index is 0.245. The second-order valence-electron chi connectivity index (χ2n) is 7.74. The quantitative estimate of drug-likeness (QED) is 0.599. The van der Waals surface area contributed by atoms with E-state index in [0.717, 1.165) is 5.56 Å². The van der Waals surface area contributed by atoms with Crippen LogP contribution < -0.4 is 20.1 Å². The molecule has 0 bridgehead atoms. The molecule has 2 aromatic rings. The van der Waals surface area contributed by atoms with Crippen molar-refractivity contribution in [1.29, 1.82) is 0 Å². The molecule has 9 heteroatoms. The lowest BCUT2D eigenvalue weighted by molar-refractivity contribution is -0.119. The molecule has 0 aliphatic heterocycles. The number of anilines is 1. The number of hydrogen-bond donors (Lipinski definition) is 2. The van der Waals surface area contributed by atoms with Crippen molar-refractivity contribution in [1.82, 2.24) is 5.32 Å². The number of nitrogens with one attached hydrogen (secondary N) is 2. The number of alkyl carbamates (subject to hydrolysis) is 1. The van der Waals surface area contributed by atoms with Crippen LogP contribution in [-0.4, -0.2) is 44.4 Å². The number of methoxy groups -OCH3 is 2. The standard InChI is InChI=1S/C23H28N2O7/c1-23(2,3)32-22(28)24-13-15-6-8-16(9-7-15)21(27)31-14-20(26)25-18-12-17(29-4)10-11-19(18)30-5/h6-12H,13-14H2,1-5H3,(H,24,28)(H,25,26). The Morgan fingerprint density at radius 2 is 1.62 bits per heavy atom. The van der Waals surface area contributed by atoms with Gasteiger partial charge in [-0.25, -0.2) is 9.59 Å². The van der Waals surface area contributed by atoms with Crippen LogP contribution >= 0.6 is 0 Å². The molecule has 2 aromatic carbocycles. The number of hydrogen-bond acceptors (Lipinski definition) is 7. The maximum Gasteiger partial charge on any atom is 0.407 e. The first-order valence-electron chi connectivity index (χ1n) is 9.86. The number of carbonyl (C=O) groups excluding carboxylic acids is 3. The Balaban J connectivity index is 1.85. The molecule has 0 aromatic heterocycles. The first-order chi connectivity index (χ1) is 15.1. The van der Waals surface area contributed by atoms with Gasteiger partial charge in [-0.05, 0) is 50.6 Å². The Morgan fingerprint density at radius 1 is 0.938 bits per heavy atom. The van der Waals surface area contributed by atoms with Crippen LogP contribution in [0, 0.1) is 0 Å². The molecule has 172 valence electrons. The Bertz CT molecular complexity index is 950. The van der Waals surface area contributed by atoms with Crippen LogP contribution in [0.3, 0.4) is 0 Å². The van der Waals surface area contributed by atoms with E-state index in [0.29, 0.717) is 17.2 Å². The Hall–Kier alpha value is -3.75. The van der Waals surface area contributed by atoms with Gasteiger partial charge in [-0.15, -0.1) is 0 Å². The number of ether oxygens (including phenoxy) is 4. The molecule has 0 saturated carbocycles. The number of carbonyl (C=O) groups is 3. The van der Waals surface area contributed by atoms with E-state index >= 15 is 0 Å². The molecule has 0 fully saturated rings. The molecule has 0 aliphatic carbocycles. The lowest BCUT2D eigenvalue weighted by Gasteiger charge is -2.19. The summed E-state index contributed by atoms with van der Waals surface area (Å²) in [5.74, 6) is -0.187. The molecule has 0 atom stereocenters. The van der Waals surface area contributed by atoms with E-state index in [-0.39, 0.29) is 12.1 Å². The highest BCUT2D eigenvalue weighted by Gasteiger charge is 2.16. The molecule has 2 amide bonds. The van der Waals surface area contributed by atoms with Crippen molar-refractivity contribution in [2.75, 3.05) is 26.1 Å². The fourth-order valence-corrected chi connectivity index (χ4v) is 2.56. The third kappa shape index (κ3) is 7.82. The predicted octanol–water partition coefficient (Wildman–Crippen LogP) is 3.52. The van der Waals surface area contributed by atoms with Crippen LogP contribution in [-0.2, 0) is 20.8 Å². The van der Waals surface area contributed by atoms with Crippen LogP contribution in [0.5, 0.6) is 11.5 Å². The zero-order valence-corrected chi connectivity index (χ0v) is 18.8. The second-order valence-corrected chi connectivity index (χ2v) is 7.74. The topological polar surface area (TPSA) is 112 Å². The molecule has 0 heterocycles. The monoisotopic (exact) mass is 444 g/mol. The SMILES string of the molecule is COc1ccc(OC)c(NC(=O)COC(=O)c2ccc(CNC(=O)OC(C)(C)C)cc2)c1. The number of benzene rings is 2. The van der Waals surface area contributed by atoms with E-state index in [1.54, 1.807) is 63.2 Å². The van der Waals surface area contributed by atoms with Crippen molar-refractivity contribution in [2.24, 2.45) is 0 Å². The normalized spacial score (nSPS) is 10.7. The summed E-state index contributed by atoms with van der Waals surface area (Å²) in [6.45, 7) is 5.11. The first kappa shape index (κ1) is 24.5. The minimum Gasteiger partial charge on any atom is -0.497 e. The fraction of sp³-hybridized carbons (Fsp3) is 0.348. The highest BCUT2D eigenvalue weighted by molar-refractivity contribution is 5.96. The zero-order chi connectivity index (χ0) is 23.7. The maximum atomic E-state index is 12.2. The third-order valence-electron chi connectivity index (χ3n) is 4.04. The largest absolute Gasteiger partial charge is 0.497 e. The van der Waals surface area contributed by atoms with Crippen LogP contribution in [0.15, 0.2) is 42.5 Å². The lowest BCUT2D eigenvalue weighted by Crippen LogP contribution is -2.32. The average molecular weight is 444 g/mol. The van der Waals surface area contributed by atoms with E-state index in [1.807, 2.05) is 0 Å². The molecule has 2 rings (SSSR count). The summed E-state index contributed by atoms with van der Waals surface area (Å²) in [7, 11) is 2.98. The van der Waals surface area contributed by atoms with Gasteiger partial charge >= 0.3 is 12.1 Å². The Labute approximate surface area is 187 Å². The van der Waals surface area contributed by atoms with Gasteiger partial charge in [0, 0.05) is 12.6 Å². The molecular formula is C23H28N2O7. The van der Waals surface area contributed by atoms with Gasteiger partial charge in [0.05, 0.1) is 25.5 Å². The lowest BCUT2D eigenvalue weighted by atomic mass is 10.1. The highest BCUT2D eigenvalue weighted by atomic mass is 16.6. The summed E-state index contributed by atoms with van der Waals surface area (Å²) in [5, 5.41) is 5.26. The number of rotatable bonds is 8. The maximum absolute atomic E-state index is 12.2. The molecule has 0 unspecified atom stereocenters. The van der Waals surface area contributed by atoms with Gasteiger partial charge in [-0.1, -0.05) is 12.1 Å². The van der Waals surface area contributed by atoms with Gasteiger partial charge in [-0.3, -0.25) is 4.79 Å². The van der Waals surface area contributed by atoms with E-state index in [9.17, 15) is 14.4 Å². The molecule has 0 saturated heterocycles. The third-order valence-corrected chi connectivity index (χ3v) is 4.04. The second kappa shape index (κ2) is 11.0. The summed E-state index contributed by atoms with van der Waals surface area (Å²) in [5.41, 5.74) is 0.865. The summed E-state index contributed by atoms with van der Waals surface area (Å²) in [6, 6.07) is 11.4. The van der Waals surface area contributed by atoms with Gasteiger partial charge < -0.3 is 29.6 Å². The Morgan fingerprint density at radius 3 is 2.22 bits per heavy atom. The van der Waals surface area contributed by atoms with Crippen molar-refractivity contribution < 1.29 is 33.3 Å². The van der Waals surface area contributed by atoms with Gasteiger partial charge in [0.1, 0.15) is 17.1 Å². The summed E-state index contributed by atoms with van der Waals surface area (Å²) in [4.78, 5) is 36.1. The van der Waals surface area contributed by atoms with E-state index in [1.165, 1.54) is 14.2 Å². The van der Waals surface area contributed by atoms with E-state index in [4.69, 9.17) is 18.9 Å². The van der Waals surface area contributed by atoms with Crippen LogP contribution in [0.1, 0.15) is 36.7 Å². The summed E-state index contributed by atoms with van der Waals surface area (Å²) >= 11 is 0. The predicted molar refractivity (Wildman–Crippen MR) is 118 cm³/mol. The molecule has 9 nitrogen and oxygen atoms in total. The fourth-order valence-electron chi connectivity index (χ4n) is 2.56. The van der Waals surface area contributed by atoms with Gasteiger partial charge in [0.15, 0.2) is 6.61 Å². The summed E-state index contributed by atoms with van der Waals surface area (Å²) < 4.78 is 20.6. The molecule has 2 N–H and O–H groups in total. The molecular weight excluding hydrogens is 416 g/mol. The number of esters is 1. The van der Waals surface area contributed by atoms with Crippen LogP contribution in [0.4, 0.5) is 10.5 Å². The molecule has 0 spiro atoms. The first-order valence-corrected chi connectivity index (χ1v) is 9.86. The van der Waals surface area contributed by atoms with Crippen molar-refractivity contribution in [3.05, 3.63) is 53.6 Å². The smallest absolute Gasteiger partial charge is 0.407 e. The van der Waals surface area contributed by atoms with Crippen molar-refractivity contribution in [3.63, 3.8) is 0 Å². The van der Waals surface area contributed by atoms with Crippen molar-refractivity contribution >= 4 is 23.7 Å².